The molecule has 2 atom stereocenters. The van der Waals surface area contributed by atoms with E-state index >= 15 is 0 Å². The molecule has 142 valence electrons. The molecule has 0 bridgehead atoms. The molecule has 2 N–H and O–H groups in total. The van der Waals surface area contributed by atoms with Crippen LogP contribution < -0.4 is 0 Å². The van der Waals surface area contributed by atoms with Gasteiger partial charge in [-0.2, -0.15) is 0 Å². The van der Waals surface area contributed by atoms with E-state index in [1.165, 1.54) is 0 Å². The Hall–Kier alpha value is -2.81. The third-order valence-corrected chi connectivity index (χ3v) is 3.99. The van der Waals surface area contributed by atoms with Crippen LogP contribution in [0.5, 0.6) is 11.8 Å². The highest BCUT2D eigenvalue weighted by Gasteiger charge is 2.32. The minimum absolute atomic E-state index is 0.129. The zero-order valence-electron chi connectivity index (χ0n) is 14.6. The number of hydrogen-bond acceptors (Lipinski definition) is 7. The van der Waals surface area contributed by atoms with Gasteiger partial charge in [0.15, 0.2) is 6.10 Å². The number of fused-ring (bicyclic) bond motifs is 1. The van der Waals surface area contributed by atoms with E-state index in [4.69, 9.17) is 9.47 Å². The smallest absolute Gasteiger partial charge is 0.335 e. The van der Waals surface area contributed by atoms with Crippen LogP contribution in [0, 0.1) is 10.1 Å². The van der Waals surface area contributed by atoms with E-state index in [1.807, 2.05) is 0 Å². The van der Waals surface area contributed by atoms with Gasteiger partial charge in [-0.05, 0) is 26.0 Å². The average Bonchev–Trinajstić information content (AvgIpc) is 2.85. The fourth-order valence-electron chi connectivity index (χ4n) is 2.93. The van der Waals surface area contributed by atoms with Crippen LogP contribution in [-0.4, -0.2) is 51.5 Å². The van der Waals surface area contributed by atoms with Gasteiger partial charge in [-0.15, -0.1) is 0 Å². The Balaban J connectivity index is 2.44. The van der Waals surface area contributed by atoms with Crippen molar-refractivity contribution in [3.8, 4) is 11.8 Å². The van der Waals surface area contributed by atoms with Crippen molar-refractivity contribution in [1.82, 2.24) is 4.57 Å². The van der Waals surface area contributed by atoms with Crippen LogP contribution >= 0.6 is 0 Å². The maximum atomic E-state index is 12.1. The first-order valence-corrected chi connectivity index (χ1v) is 8.31. The first-order valence-electron chi connectivity index (χ1n) is 8.31. The van der Waals surface area contributed by atoms with E-state index in [0.717, 1.165) is 4.57 Å². The quantitative estimate of drug-likeness (QED) is 0.396. The molecule has 0 spiro atoms. The topological polar surface area (TPSA) is 124 Å². The highest BCUT2D eigenvalue weighted by molar-refractivity contribution is 5.93. The van der Waals surface area contributed by atoms with Crippen LogP contribution in [0.1, 0.15) is 26.3 Å². The van der Waals surface area contributed by atoms with Gasteiger partial charge in [-0.25, -0.2) is 4.79 Å². The minimum atomic E-state index is -1.05. The highest BCUT2D eigenvalue weighted by atomic mass is 16.6. The molecule has 0 radical (unpaired) electrons. The zero-order chi connectivity index (χ0) is 19.3. The molecule has 2 aromatic rings. The highest BCUT2D eigenvalue weighted by Crippen LogP contribution is 2.40. The summed E-state index contributed by atoms with van der Waals surface area (Å²) in [5.41, 5.74) is 0. The normalized spacial score (nSPS) is 13.5. The fraction of sp³-hybridized carbons (Fsp3) is 0.471. The molecule has 26 heavy (non-hydrogen) atoms. The third kappa shape index (κ3) is 4.05. The number of aromatic hydroxyl groups is 2. The zero-order valence-corrected chi connectivity index (χ0v) is 14.6. The lowest BCUT2D eigenvalue weighted by Crippen LogP contribution is -2.32. The molecule has 0 amide bonds. The Kier molecular flexibility index (Phi) is 6.40. The van der Waals surface area contributed by atoms with E-state index in [1.54, 1.807) is 38.1 Å². The van der Waals surface area contributed by atoms with Gasteiger partial charge in [0, 0.05) is 28.7 Å². The SMILES string of the molecule is CCOC(=O)C(CC(C[N+](=O)[O-])n1c(O)c2ccccc2c1O)OCC. The van der Waals surface area contributed by atoms with E-state index in [2.05, 4.69) is 0 Å². The number of aromatic nitrogens is 1. The van der Waals surface area contributed by atoms with Crippen molar-refractivity contribution in [3.63, 3.8) is 0 Å². The predicted molar refractivity (Wildman–Crippen MR) is 92.8 cm³/mol. The van der Waals surface area contributed by atoms with Gasteiger partial charge < -0.3 is 19.7 Å². The summed E-state index contributed by atoms with van der Waals surface area (Å²) in [5.74, 6) is -1.24. The van der Waals surface area contributed by atoms with Crippen molar-refractivity contribution in [3.05, 3.63) is 34.4 Å². The van der Waals surface area contributed by atoms with E-state index < -0.39 is 29.6 Å². The molecule has 0 saturated heterocycles. The van der Waals surface area contributed by atoms with Gasteiger partial charge in [-0.1, -0.05) is 12.1 Å². The molecule has 9 nitrogen and oxygen atoms in total. The first-order chi connectivity index (χ1) is 12.4. The molecule has 0 fully saturated rings. The Morgan fingerprint density at radius 1 is 1.19 bits per heavy atom. The number of nitro groups is 1. The number of benzene rings is 1. The second kappa shape index (κ2) is 8.52. The number of rotatable bonds is 9. The maximum Gasteiger partial charge on any atom is 0.335 e. The average molecular weight is 366 g/mol. The second-order valence-electron chi connectivity index (χ2n) is 5.66. The summed E-state index contributed by atoms with van der Waals surface area (Å²) in [6.45, 7) is 3.08. The number of esters is 1. The maximum absolute atomic E-state index is 12.1. The third-order valence-electron chi connectivity index (χ3n) is 3.99. The van der Waals surface area contributed by atoms with Crippen molar-refractivity contribution in [2.75, 3.05) is 19.8 Å². The molecule has 0 aliphatic carbocycles. The van der Waals surface area contributed by atoms with Crippen LogP contribution in [0.4, 0.5) is 0 Å². The molecule has 1 aromatic carbocycles. The van der Waals surface area contributed by atoms with Crippen LogP contribution in [0.2, 0.25) is 0 Å². The van der Waals surface area contributed by atoms with Crippen LogP contribution in [0.25, 0.3) is 10.8 Å². The van der Waals surface area contributed by atoms with Gasteiger partial charge in [0.25, 0.3) is 0 Å². The number of carbonyl (C=O) groups is 1. The Morgan fingerprint density at radius 3 is 2.23 bits per heavy atom. The summed E-state index contributed by atoms with van der Waals surface area (Å²) in [5, 5.41) is 32.8. The fourth-order valence-corrected chi connectivity index (χ4v) is 2.93. The molecular formula is C17H22N2O7. The number of ether oxygens (including phenoxy) is 2. The summed E-state index contributed by atoms with van der Waals surface area (Å²) in [4.78, 5) is 22.6. The number of hydrogen-bond donors (Lipinski definition) is 2. The van der Waals surface area contributed by atoms with Crippen LogP contribution in [0.15, 0.2) is 24.3 Å². The Bertz CT molecular complexity index is 748. The predicted octanol–water partition coefficient (Wildman–Crippen LogP) is 2.23. The lowest BCUT2D eigenvalue weighted by atomic mass is 10.1. The molecule has 0 aliphatic heterocycles. The largest absolute Gasteiger partial charge is 0.494 e. The molecule has 9 heteroatoms. The monoisotopic (exact) mass is 366 g/mol. The summed E-state index contributed by atoms with van der Waals surface area (Å²) in [6, 6.07) is 5.54. The van der Waals surface area contributed by atoms with Crippen molar-refractivity contribution in [2.24, 2.45) is 0 Å². The molecule has 2 rings (SSSR count). The van der Waals surface area contributed by atoms with Gasteiger partial charge in [0.05, 0.1) is 6.61 Å². The first kappa shape index (κ1) is 19.5. The van der Waals surface area contributed by atoms with Gasteiger partial charge in [0.1, 0.15) is 6.04 Å². The van der Waals surface area contributed by atoms with E-state index in [-0.39, 0.29) is 31.4 Å². The lowest BCUT2D eigenvalue weighted by molar-refractivity contribution is -0.486. The van der Waals surface area contributed by atoms with Crippen molar-refractivity contribution < 1.29 is 29.4 Å². The van der Waals surface area contributed by atoms with Crippen molar-refractivity contribution in [2.45, 2.75) is 32.4 Å². The molecule has 1 heterocycles. The lowest BCUT2D eigenvalue weighted by Gasteiger charge is -2.22. The van der Waals surface area contributed by atoms with E-state index in [0.29, 0.717) is 10.8 Å². The molecule has 0 aliphatic rings. The molecule has 0 saturated carbocycles. The van der Waals surface area contributed by atoms with Crippen LogP contribution in [0.3, 0.4) is 0 Å². The summed E-state index contributed by atoms with van der Waals surface area (Å²) in [7, 11) is 0. The van der Waals surface area contributed by atoms with E-state index in [9.17, 15) is 25.1 Å². The van der Waals surface area contributed by atoms with Gasteiger partial charge in [-0.3, -0.25) is 14.7 Å². The standard InChI is InChI=1S/C17H22N2O7/c1-3-25-14(17(22)26-4-2)9-11(10-18(23)24)19-15(20)12-7-5-6-8-13(12)16(19)21/h5-8,11,14,20-21H,3-4,9-10H2,1-2H3. The van der Waals surface area contributed by atoms with Gasteiger partial charge >= 0.3 is 5.97 Å². The Labute approximate surface area is 149 Å². The molecule has 2 unspecified atom stereocenters. The number of carbonyl (C=O) groups excluding carboxylic acids is 1. The van der Waals surface area contributed by atoms with Crippen molar-refractivity contribution in [1.29, 1.82) is 0 Å². The summed E-state index contributed by atoms with van der Waals surface area (Å²) >= 11 is 0. The summed E-state index contributed by atoms with van der Waals surface area (Å²) < 4.78 is 11.4. The van der Waals surface area contributed by atoms with Crippen LogP contribution in [-0.2, 0) is 14.3 Å². The minimum Gasteiger partial charge on any atom is -0.494 e. The summed E-state index contributed by atoms with van der Waals surface area (Å²) in [6.07, 6.45) is -1.18. The number of nitrogens with zero attached hydrogens (tertiary/aromatic N) is 2. The second-order valence-corrected chi connectivity index (χ2v) is 5.66. The van der Waals surface area contributed by atoms with Crippen molar-refractivity contribution >= 4 is 16.7 Å². The Morgan fingerprint density at radius 2 is 1.77 bits per heavy atom. The molecular weight excluding hydrogens is 344 g/mol. The van der Waals surface area contributed by atoms with Gasteiger partial charge in [0.2, 0.25) is 18.3 Å². The molecule has 1 aromatic heterocycles.